The molecule has 0 fully saturated rings. The van der Waals surface area contributed by atoms with E-state index in [2.05, 4.69) is 25.6 Å². The number of hydrogen-bond donors (Lipinski definition) is 2. The van der Waals surface area contributed by atoms with Gasteiger partial charge < -0.3 is 20.1 Å². The molecule has 4 aromatic rings. The lowest BCUT2D eigenvalue weighted by molar-refractivity contribution is 0.405. The topological polar surface area (TPSA) is 81.2 Å². The van der Waals surface area contributed by atoms with Crippen LogP contribution in [0.5, 0.6) is 11.5 Å². The van der Waals surface area contributed by atoms with E-state index < -0.39 is 0 Å². The van der Waals surface area contributed by atoms with E-state index in [0.717, 1.165) is 28.0 Å². The maximum Gasteiger partial charge on any atom is 0.229 e. The fourth-order valence-electron chi connectivity index (χ4n) is 2.86. The van der Waals surface area contributed by atoms with Crippen molar-refractivity contribution in [3.8, 4) is 11.5 Å². The van der Waals surface area contributed by atoms with Crippen molar-refractivity contribution in [1.82, 2.24) is 15.0 Å². The Bertz CT molecular complexity index is 1110. The van der Waals surface area contributed by atoms with Gasteiger partial charge >= 0.3 is 0 Å². The van der Waals surface area contributed by atoms with Crippen molar-refractivity contribution in [3.63, 3.8) is 0 Å². The Morgan fingerprint density at radius 2 is 1.68 bits per heavy atom. The van der Waals surface area contributed by atoms with Gasteiger partial charge in [-0.3, -0.25) is 4.98 Å². The number of fused-ring (bicyclic) bond motifs is 1. The Balaban J connectivity index is 1.62. The van der Waals surface area contributed by atoms with E-state index in [9.17, 15) is 0 Å². The van der Waals surface area contributed by atoms with Crippen LogP contribution in [0.25, 0.3) is 10.9 Å². The van der Waals surface area contributed by atoms with Crippen LogP contribution in [0.15, 0.2) is 67.0 Å². The average molecular weight is 373 g/mol. The van der Waals surface area contributed by atoms with E-state index in [1.807, 2.05) is 48.5 Å². The highest BCUT2D eigenvalue weighted by Crippen LogP contribution is 2.31. The number of hydrogen-bond acceptors (Lipinski definition) is 7. The predicted octanol–water partition coefficient (Wildman–Crippen LogP) is 4.53. The fourth-order valence-corrected chi connectivity index (χ4v) is 2.86. The quantitative estimate of drug-likeness (QED) is 0.514. The Morgan fingerprint density at radius 1 is 0.786 bits per heavy atom. The molecule has 0 aliphatic heterocycles. The highest BCUT2D eigenvalue weighted by atomic mass is 16.5. The molecular formula is C21H19N5O2. The van der Waals surface area contributed by atoms with Crippen LogP contribution in [0.2, 0.25) is 0 Å². The molecule has 2 aromatic heterocycles. The van der Waals surface area contributed by atoms with E-state index in [0.29, 0.717) is 17.5 Å². The van der Waals surface area contributed by atoms with Crippen LogP contribution in [0.4, 0.5) is 23.1 Å². The Hall–Kier alpha value is -3.87. The van der Waals surface area contributed by atoms with Gasteiger partial charge in [-0.2, -0.15) is 4.98 Å². The molecule has 0 bridgehead atoms. The van der Waals surface area contributed by atoms with Gasteiger partial charge in [0.25, 0.3) is 0 Å². The third-order valence-electron chi connectivity index (χ3n) is 4.20. The standard InChI is InChI=1S/C21H19N5O2/c1-27-15-8-9-18(28-2)17(13-15)24-19-10-12-23-21(26-19)25-16-7-3-5-14-6-4-11-22-20(14)16/h3-13H,1-2H3,(H2,23,24,25,26). The van der Waals surface area contributed by atoms with E-state index in [1.54, 1.807) is 32.7 Å². The summed E-state index contributed by atoms with van der Waals surface area (Å²) >= 11 is 0. The van der Waals surface area contributed by atoms with Gasteiger partial charge in [0.2, 0.25) is 5.95 Å². The molecule has 7 heteroatoms. The minimum absolute atomic E-state index is 0.463. The number of pyridine rings is 1. The van der Waals surface area contributed by atoms with Crippen molar-refractivity contribution in [2.24, 2.45) is 0 Å². The van der Waals surface area contributed by atoms with Crippen molar-refractivity contribution in [2.45, 2.75) is 0 Å². The van der Waals surface area contributed by atoms with Gasteiger partial charge in [0.05, 0.1) is 31.1 Å². The van der Waals surface area contributed by atoms with Crippen LogP contribution in [0.3, 0.4) is 0 Å². The van der Waals surface area contributed by atoms with Gasteiger partial charge in [0.15, 0.2) is 0 Å². The summed E-state index contributed by atoms with van der Waals surface area (Å²) in [6, 6.07) is 17.2. The number of aromatic nitrogens is 3. The molecule has 2 heterocycles. The van der Waals surface area contributed by atoms with Crippen LogP contribution in [0.1, 0.15) is 0 Å². The summed E-state index contributed by atoms with van der Waals surface area (Å²) in [5.41, 5.74) is 2.45. The zero-order chi connectivity index (χ0) is 19.3. The van der Waals surface area contributed by atoms with Crippen molar-refractivity contribution >= 4 is 34.0 Å². The number of benzene rings is 2. The molecule has 0 aliphatic carbocycles. The smallest absolute Gasteiger partial charge is 0.229 e. The molecule has 0 saturated carbocycles. The van der Waals surface area contributed by atoms with Crippen LogP contribution in [-0.2, 0) is 0 Å². The van der Waals surface area contributed by atoms with E-state index in [4.69, 9.17) is 9.47 Å². The Labute approximate surface area is 162 Å². The van der Waals surface area contributed by atoms with E-state index >= 15 is 0 Å². The maximum absolute atomic E-state index is 5.41. The Kier molecular flexibility index (Phi) is 4.88. The first-order chi connectivity index (χ1) is 13.8. The van der Waals surface area contributed by atoms with Crippen molar-refractivity contribution < 1.29 is 9.47 Å². The number of methoxy groups -OCH3 is 2. The zero-order valence-corrected chi connectivity index (χ0v) is 15.5. The average Bonchev–Trinajstić information content (AvgIpc) is 2.74. The van der Waals surface area contributed by atoms with Gasteiger partial charge in [0.1, 0.15) is 17.3 Å². The van der Waals surface area contributed by atoms with Gasteiger partial charge in [-0.1, -0.05) is 18.2 Å². The van der Waals surface area contributed by atoms with E-state index in [-0.39, 0.29) is 0 Å². The number of nitrogens with one attached hydrogen (secondary N) is 2. The van der Waals surface area contributed by atoms with Gasteiger partial charge in [-0.25, -0.2) is 4.98 Å². The SMILES string of the molecule is COc1ccc(OC)c(Nc2ccnc(Nc3cccc4cccnc34)n2)c1. The molecule has 0 saturated heterocycles. The second-order valence-electron chi connectivity index (χ2n) is 5.96. The highest BCUT2D eigenvalue weighted by Gasteiger charge is 2.08. The molecule has 0 amide bonds. The van der Waals surface area contributed by atoms with E-state index in [1.165, 1.54) is 0 Å². The molecule has 0 atom stereocenters. The van der Waals surface area contributed by atoms with Gasteiger partial charge in [-0.05, 0) is 30.3 Å². The number of anilines is 4. The summed E-state index contributed by atoms with van der Waals surface area (Å²) < 4.78 is 10.7. The second kappa shape index (κ2) is 7.79. The van der Waals surface area contributed by atoms with Crippen LogP contribution in [-0.4, -0.2) is 29.2 Å². The van der Waals surface area contributed by atoms with Crippen molar-refractivity contribution in [3.05, 3.63) is 67.0 Å². The molecule has 140 valence electrons. The summed E-state index contributed by atoms with van der Waals surface area (Å²) in [5, 5.41) is 7.54. The predicted molar refractivity (Wildman–Crippen MR) is 110 cm³/mol. The molecule has 2 N–H and O–H groups in total. The normalized spacial score (nSPS) is 10.5. The molecule has 0 unspecified atom stereocenters. The number of para-hydroxylation sites is 1. The van der Waals surface area contributed by atoms with Crippen LogP contribution >= 0.6 is 0 Å². The lowest BCUT2D eigenvalue weighted by Crippen LogP contribution is -2.02. The molecule has 0 aliphatic rings. The molecule has 7 nitrogen and oxygen atoms in total. The summed E-state index contributed by atoms with van der Waals surface area (Å²) in [6.07, 6.45) is 3.45. The molecular weight excluding hydrogens is 354 g/mol. The minimum Gasteiger partial charge on any atom is -0.497 e. The van der Waals surface area contributed by atoms with Crippen LogP contribution in [0, 0.1) is 0 Å². The molecule has 0 spiro atoms. The maximum atomic E-state index is 5.41. The number of rotatable bonds is 6. The first kappa shape index (κ1) is 17.5. The minimum atomic E-state index is 0.463. The lowest BCUT2D eigenvalue weighted by atomic mass is 10.2. The van der Waals surface area contributed by atoms with Crippen molar-refractivity contribution in [1.29, 1.82) is 0 Å². The third kappa shape index (κ3) is 3.64. The monoisotopic (exact) mass is 373 g/mol. The summed E-state index contributed by atoms with van der Waals surface area (Å²) in [6.45, 7) is 0. The molecule has 0 radical (unpaired) electrons. The zero-order valence-electron chi connectivity index (χ0n) is 15.5. The van der Waals surface area contributed by atoms with Gasteiger partial charge in [0, 0.05) is 23.8 Å². The first-order valence-corrected chi connectivity index (χ1v) is 8.69. The molecule has 2 aromatic carbocycles. The van der Waals surface area contributed by atoms with Gasteiger partial charge in [-0.15, -0.1) is 0 Å². The third-order valence-corrected chi connectivity index (χ3v) is 4.20. The summed E-state index contributed by atoms with van der Waals surface area (Å²) in [5.74, 6) is 2.49. The number of ether oxygens (including phenoxy) is 2. The summed E-state index contributed by atoms with van der Waals surface area (Å²) in [7, 11) is 3.24. The molecule has 4 rings (SSSR count). The van der Waals surface area contributed by atoms with Crippen molar-refractivity contribution in [2.75, 3.05) is 24.9 Å². The second-order valence-corrected chi connectivity index (χ2v) is 5.96. The molecule has 28 heavy (non-hydrogen) atoms. The first-order valence-electron chi connectivity index (χ1n) is 8.69. The highest BCUT2D eigenvalue weighted by molar-refractivity contribution is 5.91. The summed E-state index contributed by atoms with van der Waals surface area (Å²) in [4.78, 5) is 13.3. The number of nitrogens with zero attached hydrogens (tertiary/aromatic N) is 3. The Morgan fingerprint density at radius 3 is 2.54 bits per heavy atom. The lowest BCUT2D eigenvalue weighted by Gasteiger charge is -2.13. The van der Waals surface area contributed by atoms with Crippen LogP contribution < -0.4 is 20.1 Å². The fraction of sp³-hybridized carbons (Fsp3) is 0.0952. The largest absolute Gasteiger partial charge is 0.497 e.